The van der Waals surface area contributed by atoms with E-state index in [1.54, 1.807) is 24.3 Å². The summed E-state index contributed by atoms with van der Waals surface area (Å²) in [6.45, 7) is 1.66. The van der Waals surface area contributed by atoms with Gasteiger partial charge in [0.15, 0.2) is 0 Å². The van der Waals surface area contributed by atoms with Gasteiger partial charge >= 0.3 is 11.1 Å². The molecule has 24 heavy (non-hydrogen) atoms. The fourth-order valence-corrected chi connectivity index (χ4v) is 2.64. The van der Waals surface area contributed by atoms with Crippen LogP contribution in [0.1, 0.15) is 18.5 Å². The van der Waals surface area contributed by atoms with Crippen molar-refractivity contribution < 1.29 is 4.79 Å². The molecule has 0 saturated heterocycles. The standard InChI is InChI=1S/C18H17N3O3/c1-12(13-7-3-2-4-8-13)19-16(22)11-21-15-10-6-5-9-14(15)20-17(23)18(21)24/h2-10,12H,11H2,1H3,(H,19,22)(H,20,23). The van der Waals surface area contributed by atoms with Gasteiger partial charge in [0.2, 0.25) is 5.91 Å². The third kappa shape index (κ3) is 3.12. The lowest BCUT2D eigenvalue weighted by Gasteiger charge is -2.15. The van der Waals surface area contributed by atoms with Crippen molar-refractivity contribution in [1.29, 1.82) is 0 Å². The van der Waals surface area contributed by atoms with Gasteiger partial charge in [0.25, 0.3) is 0 Å². The molecule has 0 aliphatic carbocycles. The molecule has 122 valence electrons. The van der Waals surface area contributed by atoms with Gasteiger partial charge < -0.3 is 10.3 Å². The first-order chi connectivity index (χ1) is 11.6. The van der Waals surface area contributed by atoms with Gasteiger partial charge in [-0.3, -0.25) is 19.0 Å². The molecule has 0 spiro atoms. The maximum absolute atomic E-state index is 12.3. The Labute approximate surface area is 137 Å². The van der Waals surface area contributed by atoms with E-state index in [-0.39, 0.29) is 18.5 Å². The molecule has 1 atom stereocenters. The maximum atomic E-state index is 12.3. The van der Waals surface area contributed by atoms with Crippen LogP contribution >= 0.6 is 0 Å². The van der Waals surface area contributed by atoms with Crippen LogP contribution in [0.25, 0.3) is 11.0 Å². The summed E-state index contributed by atoms with van der Waals surface area (Å²) in [6, 6.07) is 16.2. The molecule has 3 aromatic rings. The number of H-pyrrole nitrogens is 1. The summed E-state index contributed by atoms with van der Waals surface area (Å²) in [7, 11) is 0. The number of nitrogens with one attached hydrogen (secondary N) is 2. The Hall–Kier alpha value is -3.15. The van der Waals surface area contributed by atoms with E-state index >= 15 is 0 Å². The second-order valence-electron chi connectivity index (χ2n) is 5.56. The molecule has 1 unspecified atom stereocenters. The van der Waals surface area contributed by atoms with Crippen molar-refractivity contribution in [2.75, 3.05) is 0 Å². The van der Waals surface area contributed by atoms with E-state index in [9.17, 15) is 14.4 Å². The lowest BCUT2D eigenvalue weighted by atomic mass is 10.1. The molecule has 3 rings (SSSR count). The zero-order valence-corrected chi connectivity index (χ0v) is 13.2. The molecular formula is C18H17N3O3. The average Bonchev–Trinajstić information content (AvgIpc) is 2.59. The number of hydrogen-bond donors (Lipinski definition) is 2. The fourth-order valence-electron chi connectivity index (χ4n) is 2.64. The number of aromatic amines is 1. The molecule has 1 heterocycles. The number of fused-ring (bicyclic) bond motifs is 1. The Morgan fingerprint density at radius 3 is 2.50 bits per heavy atom. The Morgan fingerprint density at radius 2 is 1.75 bits per heavy atom. The van der Waals surface area contributed by atoms with Gasteiger partial charge in [0.1, 0.15) is 6.54 Å². The van der Waals surface area contributed by atoms with Crippen molar-refractivity contribution in [2.24, 2.45) is 0 Å². The van der Waals surface area contributed by atoms with Gasteiger partial charge in [0.05, 0.1) is 17.1 Å². The number of carbonyl (C=O) groups is 1. The third-order valence-electron chi connectivity index (χ3n) is 3.86. The lowest BCUT2D eigenvalue weighted by Crippen LogP contribution is -2.40. The van der Waals surface area contributed by atoms with Gasteiger partial charge in [-0.25, -0.2) is 0 Å². The Bertz CT molecular complexity index is 990. The molecule has 6 heteroatoms. The summed E-state index contributed by atoms with van der Waals surface area (Å²) < 4.78 is 1.20. The van der Waals surface area contributed by atoms with Crippen LogP contribution in [-0.2, 0) is 11.3 Å². The molecule has 2 aromatic carbocycles. The molecule has 0 saturated carbocycles. The van der Waals surface area contributed by atoms with Gasteiger partial charge in [-0.05, 0) is 24.6 Å². The number of rotatable bonds is 4. The number of hydrogen-bond acceptors (Lipinski definition) is 3. The third-order valence-corrected chi connectivity index (χ3v) is 3.86. The van der Waals surface area contributed by atoms with E-state index in [1.165, 1.54) is 4.57 Å². The van der Waals surface area contributed by atoms with Crippen LogP contribution in [0.2, 0.25) is 0 Å². The summed E-state index contributed by atoms with van der Waals surface area (Å²) in [5.41, 5.74) is 0.526. The average molecular weight is 323 g/mol. The molecule has 0 fully saturated rings. The largest absolute Gasteiger partial charge is 0.348 e. The van der Waals surface area contributed by atoms with Gasteiger partial charge in [-0.15, -0.1) is 0 Å². The zero-order chi connectivity index (χ0) is 17.1. The molecule has 6 nitrogen and oxygen atoms in total. The van der Waals surface area contributed by atoms with Crippen molar-refractivity contribution in [3.8, 4) is 0 Å². The smallest absolute Gasteiger partial charge is 0.317 e. The molecule has 0 radical (unpaired) electrons. The van der Waals surface area contributed by atoms with E-state index < -0.39 is 11.1 Å². The SMILES string of the molecule is CC(NC(=O)Cn1c(=O)c(=O)[nH]c2ccccc21)c1ccccc1. The lowest BCUT2D eigenvalue weighted by molar-refractivity contribution is -0.122. The zero-order valence-electron chi connectivity index (χ0n) is 13.2. The minimum absolute atomic E-state index is 0.192. The van der Waals surface area contributed by atoms with Crippen LogP contribution in [0.15, 0.2) is 64.2 Å². The quantitative estimate of drug-likeness (QED) is 0.715. The highest BCUT2D eigenvalue weighted by atomic mass is 16.2. The van der Waals surface area contributed by atoms with Crippen molar-refractivity contribution >= 4 is 16.9 Å². The highest BCUT2D eigenvalue weighted by molar-refractivity contribution is 5.80. The van der Waals surface area contributed by atoms with Crippen LogP contribution in [0.5, 0.6) is 0 Å². The van der Waals surface area contributed by atoms with E-state index in [4.69, 9.17) is 0 Å². The first-order valence-electron chi connectivity index (χ1n) is 7.62. The number of para-hydroxylation sites is 2. The summed E-state index contributed by atoms with van der Waals surface area (Å²) in [4.78, 5) is 38.7. The van der Waals surface area contributed by atoms with E-state index in [1.807, 2.05) is 37.3 Å². The highest BCUT2D eigenvalue weighted by Crippen LogP contribution is 2.11. The van der Waals surface area contributed by atoms with Crippen LogP contribution in [0.3, 0.4) is 0 Å². The number of aromatic nitrogens is 2. The van der Waals surface area contributed by atoms with Crippen molar-refractivity contribution in [1.82, 2.24) is 14.9 Å². The molecule has 2 N–H and O–H groups in total. The van der Waals surface area contributed by atoms with Crippen molar-refractivity contribution in [3.63, 3.8) is 0 Å². The van der Waals surface area contributed by atoms with Crippen LogP contribution in [0.4, 0.5) is 0 Å². The number of amides is 1. The molecule has 1 aromatic heterocycles. The van der Waals surface area contributed by atoms with Gasteiger partial charge in [0, 0.05) is 0 Å². The summed E-state index contributed by atoms with van der Waals surface area (Å²) >= 11 is 0. The van der Waals surface area contributed by atoms with E-state index in [0.29, 0.717) is 11.0 Å². The highest BCUT2D eigenvalue weighted by Gasteiger charge is 2.13. The molecule has 0 aliphatic heterocycles. The van der Waals surface area contributed by atoms with Crippen LogP contribution in [0, 0.1) is 0 Å². The van der Waals surface area contributed by atoms with Crippen molar-refractivity contribution in [3.05, 3.63) is 80.9 Å². The topological polar surface area (TPSA) is 84.0 Å². The second-order valence-corrected chi connectivity index (χ2v) is 5.56. The normalized spacial score (nSPS) is 12.0. The summed E-state index contributed by atoms with van der Waals surface area (Å²) in [5.74, 6) is -0.329. The van der Waals surface area contributed by atoms with Gasteiger partial charge in [-0.2, -0.15) is 0 Å². The Kier molecular flexibility index (Phi) is 4.29. The van der Waals surface area contributed by atoms with Crippen molar-refractivity contribution in [2.45, 2.75) is 19.5 Å². The summed E-state index contributed by atoms with van der Waals surface area (Å²) in [6.07, 6.45) is 0. The molecule has 1 amide bonds. The number of carbonyl (C=O) groups excluding carboxylic acids is 1. The molecular weight excluding hydrogens is 306 g/mol. The Morgan fingerprint density at radius 1 is 1.08 bits per heavy atom. The van der Waals surface area contributed by atoms with E-state index in [2.05, 4.69) is 10.3 Å². The fraction of sp³-hybridized carbons (Fsp3) is 0.167. The Balaban J connectivity index is 1.87. The minimum Gasteiger partial charge on any atom is -0.348 e. The monoisotopic (exact) mass is 323 g/mol. The predicted molar refractivity (Wildman–Crippen MR) is 91.8 cm³/mol. The van der Waals surface area contributed by atoms with E-state index in [0.717, 1.165) is 5.56 Å². The number of nitrogens with zero attached hydrogens (tertiary/aromatic N) is 1. The van der Waals surface area contributed by atoms with Crippen LogP contribution < -0.4 is 16.4 Å². The minimum atomic E-state index is -0.740. The first-order valence-corrected chi connectivity index (χ1v) is 7.62. The van der Waals surface area contributed by atoms with Gasteiger partial charge in [-0.1, -0.05) is 42.5 Å². The van der Waals surface area contributed by atoms with Crippen LogP contribution in [-0.4, -0.2) is 15.5 Å². The molecule has 0 aliphatic rings. The molecule has 0 bridgehead atoms. The maximum Gasteiger partial charge on any atom is 0.317 e. The number of benzene rings is 2. The first kappa shape index (κ1) is 15.7. The second kappa shape index (κ2) is 6.54. The predicted octanol–water partition coefficient (Wildman–Crippen LogP) is 1.57. The summed E-state index contributed by atoms with van der Waals surface area (Å²) in [5, 5.41) is 2.85.